The molecule has 210 valence electrons. The van der Waals surface area contributed by atoms with Crippen LogP contribution in [0.25, 0.3) is 0 Å². The second-order valence-corrected chi connectivity index (χ2v) is 13.6. The zero-order valence-corrected chi connectivity index (χ0v) is 24.5. The smallest absolute Gasteiger partial charge is 0.310 e. The molecule has 0 bridgehead atoms. The summed E-state index contributed by atoms with van der Waals surface area (Å²) in [6.07, 6.45) is 35.3. The van der Waals surface area contributed by atoms with Gasteiger partial charge in [-0.25, -0.2) is 0 Å². The summed E-state index contributed by atoms with van der Waals surface area (Å²) in [5.74, 6) is 0.475. The maximum atomic E-state index is 13.0. The summed E-state index contributed by atoms with van der Waals surface area (Å²) in [5.41, 5.74) is 0.146. The average Bonchev–Trinajstić information content (AvgIpc) is 2.92. The van der Waals surface area contributed by atoms with Gasteiger partial charge in [0.05, 0.1) is 5.41 Å². The van der Waals surface area contributed by atoms with Crippen molar-refractivity contribution in [2.45, 2.75) is 187 Å². The highest BCUT2D eigenvalue weighted by Gasteiger charge is 2.59. The van der Waals surface area contributed by atoms with E-state index in [4.69, 9.17) is 0 Å². The molecule has 36 heavy (non-hydrogen) atoms. The highest BCUT2D eigenvalue weighted by molar-refractivity contribution is 5.76. The van der Waals surface area contributed by atoms with Crippen molar-refractivity contribution in [3.05, 3.63) is 0 Å². The van der Waals surface area contributed by atoms with Crippen LogP contribution in [-0.2, 0) is 4.79 Å². The van der Waals surface area contributed by atoms with E-state index in [-0.39, 0.29) is 5.41 Å². The van der Waals surface area contributed by atoms with Crippen molar-refractivity contribution in [1.29, 1.82) is 0 Å². The van der Waals surface area contributed by atoms with Gasteiger partial charge in [-0.2, -0.15) is 0 Å². The second kappa shape index (κ2) is 15.2. The van der Waals surface area contributed by atoms with Gasteiger partial charge in [0.2, 0.25) is 0 Å². The minimum absolute atomic E-state index is 0.0614. The van der Waals surface area contributed by atoms with Crippen molar-refractivity contribution < 1.29 is 9.90 Å². The molecule has 2 nitrogen and oxygen atoms in total. The van der Waals surface area contributed by atoms with Crippen LogP contribution in [0.15, 0.2) is 0 Å². The van der Waals surface area contributed by atoms with Gasteiger partial charge < -0.3 is 5.11 Å². The molecule has 0 amide bonds. The first-order chi connectivity index (χ1) is 17.5. The zero-order valence-electron chi connectivity index (χ0n) is 24.5. The summed E-state index contributed by atoms with van der Waals surface area (Å²) in [6, 6.07) is 0. The van der Waals surface area contributed by atoms with Gasteiger partial charge in [-0.05, 0) is 81.0 Å². The number of carboxylic acids is 1. The molecule has 0 atom stereocenters. The molecule has 0 radical (unpaired) electrons. The molecule has 0 aromatic heterocycles. The lowest BCUT2D eigenvalue weighted by Gasteiger charge is -2.58. The van der Waals surface area contributed by atoms with Gasteiger partial charge in [-0.15, -0.1) is 0 Å². The molecule has 0 heterocycles. The Balaban J connectivity index is 1.70. The first-order valence-corrected chi connectivity index (χ1v) is 16.8. The monoisotopic (exact) mass is 502 g/mol. The Hall–Kier alpha value is -0.530. The molecule has 0 aromatic carbocycles. The Bertz CT molecular complexity index is 603. The van der Waals surface area contributed by atoms with Gasteiger partial charge in [0.15, 0.2) is 0 Å². The molecule has 3 saturated carbocycles. The molecule has 0 aliphatic heterocycles. The Morgan fingerprint density at radius 2 is 1.11 bits per heavy atom. The van der Waals surface area contributed by atoms with Crippen LogP contribution in [0, 0.1) is 22.2 Å². The molecule has 3 aliphatic rings. The lowest BCUT2D eigenvalue weighted by Crippen LogP contribution is -2.53. The Kier molecular flexibility index (Phi) is 12.6. The summed E-state index contributed by atoms with van der Waals surface area (Å²) in [4.78, 5) is 13.0. The van der Waals surface area contributed by atoms with E-state index in [1.54, 1.807) is 0 Å². The fraction of sp³-hybridized carbons (Fsp3) is 0.971. The quantitative estimate of drug-likeness (QED) is 0.213. The Morgan fingerprint density at radius 1 is 0.611 bits per heavy atom. The third-order valence-electron chi connectivity index (χ3n) is 11.6. The molecule has 3 fully saturated rings. The van der Waals surface area contributed by atoms with E-state index in [1.807, 2.05) is 0 Å². The minimum Gasteiger partial charge on any atom is -0.481 e. The van der Waals surface area contributed by atoms with Crippen molar-refractivity contribution in [3.63, 3.8) is 0 Å². The van der Waals surface area contributed by atoms with Crippen LogP contribution < -0.4 is 0 Å². The first kappa shape index (κ1) is 30.0. The summed E-state index contributed by atoms with van der Waals surface area (Å²) < 4.78 is 0. The van der Waals surface area contributed by atoms with Crippen molar-refractivity contribution in [3.8, 4) is 0 Å². The third kappa shape index (κ3) is 7.31. The normalized spacial score (nSPS) is 29.3. The van der Waals surface area contributed by atoms with Crippen LogP contribution in [-0.4, -0.2) is 11.1 Å². The maximum Gasteiger partial charge on any atom is 0.310 e. The van der Waals surface area contributed by atoms with Gasteiger partial charge in [-0.3, -0.25) is 4.79 Å². The van der Waals surface area contributed by atoms with E-state index in [0.717, 1.165) is 31.6 Å². The topological polar surface area (TPSA) is 37.3 Å². The summed E-state index contributed by atoms with van der Waals surface area (Å²) >= 11 is 0. The van der Waals surface area contributed by atoms with Gasteiger partial charge >= 0.3 is 5.97 Å². The molecule has 2 heteroatoms. The lowest BCUT2D eigenvalue weighted by atomic mass is 9.46. The number of carbonyl (C=O) groups is 1. The molecule has 3 rings (SSSR count). The number of aliphatic carboxylic acids is 1. The van der Waals surface area contributed by atoms with Crippen molar-refractivity contribution in [1.82, 2.24) is 0 Å². The predicted molar refractivity (Wildman–Crippen MR) is 154 cm³/mol. The van der Waals surface area contributed by atoms with Crippen LogP contribution in [0.5, 0.6) is 0 Å². The summed E-state index contributed by atoms with van der Waals surface area (Å²) in [6.45, 7) is 4.60. The molecule has 0 saturated heterocycles. The van der Waals surface area contributed by atoms with Crippen LogP contribution >= 0.6 is 0 Å². The third-order valence-corrected chi connectivity index (χ3v) is 11.6. The largest absolute Gasteiger partial charge is 0.481 e. The molecule has 0 spiro atoms. The second-order valence-electron chi connectivity index (χ2n) is 13.6. The van der Waals surface area contributed by atoms with E-state index in [0.29, 0.717) is 5.41 Å². The number of hydrogen-bond acceptors (Lipinski definition) is 1. The van der Waals surface area contributed by atoms with Crippen LogP contribution in [0.2, 0.25) is 0 Å². The van der Waals surface area contributed by atoms with E-state index in [2.05, 4.69) is 13.8 Å². The molecule has 0 aromatic rings. The van der Waals surface area contributed by atoms with Crippen LogP contribution in [0.1, 0.15) is 187 Å². The molecule has 0 unspecified atom stereocenters. The number of carboxylic acid groups (broad SMARTS) is 1. The highest BCUT2D eigenvalue weighted by Crippen LogP contribution is 2.64. The number of unbranched alkanes of at least 4 members (excludes halogenated alkanes) is 9. The molecular formula is C34H62O2. The van der Waals surface area contributed by atoms with E-state index >= 15 is 0 Å². The minimum atomic E-state index is -0.438. The fourth-order valence-electron chi connectivity index (χ4n) is 9.22. The predicted octanol–water partition coefficient (Wildman–Crippen LogP) is 11.3. The van der Waals surface area contributed by atoms with Crippen molar-refractivity contribution >= 4 is 5.97 Å². The van der Waals surface area contributed by atoms with Gasteiger partial charge in [-0.1, -0.05) is 123 Å². The fourth-order valence-corrected chi connectivity index (χ4v) is 9.22. The average molecular weight is 503 g/mol. The lowest BCUT2D eigenvalue weighted by molar-refractivity contribution is -0.171. The van der Waals surface area contributed by atoms with E-state index < -0.39 is 11.4 Å². The van der Waals surface area contributed by atoms with Gasteiger partial charge in [0, 0.05) is 0 Å². The molecule has 3 aliphatic carbocycles. The Labute approximate surface area is 225 Å². The van der Waals surface area contributed by atoms with E-state index in [9.17, 15) is 9.90 Å². The van der Waals surface area contributed by atoms with Crippen LogP contribution in [0.4, 0.5) is 0 Å². The van der Waals surface area contributed by atoms with Crippen molar-refractivity contribution in [2.75, 3.05) is 0 Å². The SMILES string of the molecule is CCCCCCCCCCC1(C2CCCCC2)CCC(CCCCC)(C2(C(=O)O)CCCCC2)CC1. The Morgan fingerprint density at radius 3 is 1.69 bits per heavy atom. The number of rotatable bonds is 16. The van der Waals surface area contributed by atoms with Crippen LogP contribution in [0.3, 0.4) is 0 Å². The standard InChI is InChI=1S/C34H62O2/c1-3-5-7-8-9-10-11-17-22-32(30-20-14-12-15-21-30)26-28-33(29-27-32,23-16-6-4-2)34(31(35)36)24-18-13-19-25-34/h30H,3-29H2,1-2H3,(H,35,36). The summed E-state index contributed by atoms with van der Waals surface area (Å²) in [5, 5.41) is 10.7. The zero-order chi connectivity index (χ0) is 25.7. The highest BCUT2D eigenvalue weighted by atomic mass is 16.4. The summed E-state index contributed by atoms with van der Waals surface area (Å²) in [7, 11) is 0. The van der Waals surface area contributed by atoms with Gasteiger partial charge in [0.1, 0.15) is 0 Å². The van der Waals surface area contributed by atoms with Crippen molar-refractivity contribution in [2.24, 2.45) is 22.2 Å². The molecular weight excluding hydrogens is 440 g/mol. The first-order valence-electron chi connectivity index (χ1n) is 16.8. The number of hydrogen-bond donors (Lipinski definition) is 1. The van der Waals surface area contributed by atoms with Gasteiger partial charge in [0.25, 0.3) is 0 Å². The maximum absolute atomic E-state index is 13.0. The molecule has 1 N–H and O–H groups in total. The van der Waals surface area contributed by atoms with E-state index in [1.165, 1.54) is 148 Å².